The number of rotatable bonds is 3. The van der Waals surface area contributed by atoms with Crippen LogP contribution in [-0.2, 0) is 11.3 Å². The summed E-state index contributed by atoms with van der Waals surface area (Å²) in [6.07, 6.45) is 0. The van der Waals surface area contributed by atoms with Gasteiger partial charge in [0.25, 0.3) is 0 Å². The van der Waals surface area contributed by atoms with E-state index in [1.807, 2.05) is 24.3 Å². The van der Waals surface area contributed by atoms with E-state index in [0.717, 1.165) is 14.5 Å². The molecule has 2 N–H and O–H groups in total. The third kappa shape index (κ3) is 3.84. The molecule has 6 heteroatoms. The van der Waals surface area contributed by atoms with E-state index in [0.29, 0.717) is 15.7 Å². The average molecular weight is 464 g/mol. The lowest BCUT2D eigenvalue weighted by Crippen LogP contribution is -2.09. The topological polar surface area (TPSA) is 52.3 Å². The number of nitrogen functional groups attached to an aromatic ring is 1. The van der Waals surface area contributed by atoms with Crippen molar-refractivity contribution in [1.82, 2.24) is 0 Å². The first-order valence-corrected chi connectivity index (χ1v) is 8.01. The Labute approximate surface area is 141 Å². The van der Waals surface area contributed by atoms with E-state index in [2.05, 4.69) is 47.8 Å². The van der Waals surface area contributed by atoms with Gasteiger partial charge in [0.2, 0.25) is 0 Å². The van der Waals surface area contributed by atoms with Crippen molar-refractivity contribution in [1.29, 1.82) is 0 Å². The molecule has 20 heavy (non-hydrogen) atoms. The SMILES string of the molecule is Nc1c(Br)cc(Br)cc1C(=O)OCc1cccc(Br)c1. The molecule has 2 rings (SSSR count). The molecule has 0 saturated heterocycles. The number of esters is 1. The Morgan fingerprint density at radius 3 is 2.55 bits per heavy atom. The van der Waals surface area contributed by atoms with Crippen LogP contribution in [0.3, 0.4) is 0 Å². The highest BCUT2D eigenvalue weighted by Gasteiger charge is 2.14. The van der Waals surface area contributed by atoms with Gasteiger partial charge in [-0.1, -0.05) is 44.0 Å². The van der Waals surface area contributed by atoms with Crippen LogP contribution in [-0.4, -0.2) is 5.97 Å². The lowest BCUT2D eigenvalue weighted by atomic mass is 10.2. The molecule has 2 aromatic carbocycles. The predicted octanol–water partition coefficient (Wildman–Crippen LogP) is 4.91. The average Bonchev–Trinajstić information content (AvgIpc) is 2.40. The Bertz CT molecular complexity index is 659. The van der Waals surface area contributed by atoms with Gasteiger partial charge in [-0.05, 0) is 45.8 Å². The Hall–Kier alpha value is -0.850. The second kappa shape index (κ2) is 6.74. The van der Waals surface area contributed by atoms with Crippen LogP contribution in [0.2, 0.25) is 0 Å². The standard InChI is InChI=1S/C14H10Br3NO2/c15-9-3-1-2-8(4-9)7-20-14(19)11-5-10(16)6-12(17)13(11)18/h1-6H,7,18H2. The maximum atomic E-state index is 12.1. The number of carbonyl (C=O) groups excluding carboxylic acids is 1. The van der Waals surface area contributed by atoms with Gasteiger partial charge in [-0.15, -0.1) is 0 Å². The van der Waals surface area contributed by atoms with Crippen LogP contribution in [0.1, 0.15) is 15.9 Å². The highest BCUT2D eigenvalue weighted by molar-refractivity contribution is 9.11. The largest absolute Gasteiger partial charge is 0.457 e. The van der Waals surface area contributed by atoms with Gasteiger partial charge < -0.3 is 10.5 Å². The van der Waals surface area contributed by atoms with Gasteiger partial charge in [-0.3, -0.25) is 0 Å². The number of carbonyl (C=O) groups is 1. The molecule has 0 amide bonds. The van der Waals surface area contributed by atoms with Gasteiger partial charge >= 0.3 is 5.97 Å². The molecule has 0 heterocycles. The van der Waals surface area contributed by atoms with Crippen molar-refractivity contribution in [2.75, 3.05) is 5.73 Å². The molecule has 0 spiro atoms. The number of ether oxygens (including phenoxy) is 1. The first-order valence-electron chi connectivity index (χ1n) is 5.63. The zero-order valence-corrected chi connectivity index (χ0v) is 15.0. The summed E-state index contributed by atoms with van der Waals surface area (Å²) in [6.45, 7) is 0.196. The van der Waals surface area contributed by atoms with Crippen molar-refractivity contribution in [2.45, 2.75) is 6.61 Å². The molecular formula is C14H10Br3NO2. The van der Waals surface area contributed by atoms with Crippen LogP contribution in [0.4, 0.5) is 5.69 Å². The highest BCUT2D eigenvalue weighted by Crippen LogP contribution is 2.28. The van der Waals surface area contributed by atoms with E-state index in [1.54, 1.807) is 12.1 Å². The van der Waals surface area contributed by atoms with Crippen molar-refractivity contribution in [2.24, 2.45) is 0 Å². The van der Waals surface area contributed by atoms with Crippen LogP contribution >= 0.6 is 47.8 Å². The van der Waals surface area contributed by atoms with Crippen LogP contribution in [0, 0.1) is 0 Å². The van der Waals surface area contributed by atoms with Gasteiger partial charge in [0.15, 0.2) is 0 Å². The monoisotopic (exact) mass is 461 g/mol. The molecule has 0 aliphatic carbocycles. The lowest BCUT2D eigenvalue weighted by molar-refractivity contribution is 0.0474. The number of benzene rings is 2. The fourth-order valence-corrected chi connectivity index (χ4v) is 3.28. The maximum absolute atomic E-state index is 12.1. The molecule has 104 valence electrons. The van der Waals surface area contributed by atoms with Gasteiger partial charge in [0, 0.05) is 13.4 Å². The second-order valence-corrected chi connectivity index (χ2v) is 6.74. The fraction of sp³-hybridized carbons (Fsp3) is 0.0714. The van der Waals surface area contributed by atoms with Crippen LogP contribution in [0.15, 0.2) is 49.8 Å². The van der Waals surface area contributed by atoms with Crippen LogP contribution in [0.5, 0.6) is 0 Å². The summed E-state index contributed by atoms with van der Waals surface area (Å²) in [5.41, 5.74) is 7.48. The molecule has 0 unspecified atom stereocenters. The summed E-state index contributed by atoms with van der Waals surface area (Å²) in [5, 5.41) is 0. The minimum atomic E-state index is -0.454. The zero-order chi connectivity index (χ0) is 14.7. The Morgan fingerprint density at radius 1 is 1.10 bits per heavy atom. The zero-order valence-electron chi connectivity index (χ0n) is 10.2. The smallest absolute Gasteiger partial charge is 0.340 e. The van der Waals surface area contributed by atoms with E-state index >= 15 is 0 Å². The van der Waals surface area contributed by atoms with Gasteiger partial charge in [0.05, 0.1) is 11.3 Å². The first-order chi connectivity index (χ1) is 9.47. The second-order valence-electron chi connectivity index (χ2n) is 4.05. The molecular weight excluding hydrogens is 454 g/mol. The minimum absolute atomic E-state index is 0.196. The summed E-state index contributed by atoms with van der Waals surface area (Å²) < 4.78 is 7.63. The van der Waals surface area contributed by atoms with Crippen molar-refractivity contribution < 1.29 is 9.53 Å². The van der Waals surface area contributed by atoms with Gasteiger partial charge in [-0.25, -0.2) is 4.79 Å². The normalized spacial score (nSPS) is 10.3. The fourth-order valence-electron chi connectivity index (χ4n) is 1.61. The number of anilines is 1. The lowest BCUT2D eigenvalue weighted by Gasteiger charge is -2.09. The molecule has 0 aliphatic heterocycles. The van der Waals surface area contributed by atoms with Crippen molar-refractivity contribution >= 4 is 59.4 Å². The van der Waals surface area contributed by atoms with E-state index < -0.39 is 5.97 Å². The van der Waals surface area contributed by atoms with Gasteiger partial charge in [0.1, 0.15) is 6.61 Å². The Kier molecular flexibility index (Phi) is 5.23. The summed E-state index contributed by atoms with van der Waals surface area (Å²) >= 11 is 10.00. The molecule has 0 aromatic heterocycles. The number of halogens is 3. The van der Waals surface area contributed by atoms with E-state index in [-0.39, 0.29) is 6.61 Å². The Morgan fingerprint density at radius 2 is 1.85 bits per heavy atom. The van der Waals surface area contributed by atoms with E-state index in [1.165, 1.54) is 0 Å². The highest BCUT2D eigenvalue weighted by atomic mass is 79.9. The van der Waals surface area contributed by atoms with Crippen molar-refractivity contribution in [3.05, 3.63) is 60.9 Å². The number of hydrogen-bond acceptors (Lipinski definition) is 3. The molecule has 3 nitrogen and oxygen atoms in total. The predicted molar refractivity (Wildman–Crippen MR) is 89.5 cm³/mol. The van der Waals surface area contributed by atoms with Crippen molar-refractivity contribution in [3.8, 4) is 0 Å². The molecule has 0 aliphatic rings. The van der Waals surface area contributed by atoms with E-state index in [9.17, 15) is 4.79 Å². The van der Waals surface area contributed by atoms with Gasteiger partial charge in [-0.2, -0.15) is 0 Å². The van der Waals surface area contributed by atoms with Crippen LogP contribution < -0.4 is 5.73 Å². The molecule has 0 atom stereocenters. The Balaban J connectivity index is 2.13. The molecule has 0 radical (unpaired) electrons. The molecule has 0 fully saturated rings. The molecule has 0 saturated carbocycles. The maximum Gasteiger partial charge on any atom is 0.340 e. The van der Waals surface area contributed by atoms with Crippen molar-refractivity contribution in [3.63, 3.8) is 0 Å². The third-order valence-electron chi connectivity index (χ3n) is 2.57. The molecule has 0 bridgehead atoms. The summed E-state index contributed by atoms with van der Waals surface area (Å²) in [7, 11) is 0. The van der Waals surface area contributed by atoms with E-state index in [4.69, 9.17) is 10.5 Å². The minimum Gasteiger partial charge on any atom is -0.457 e. The quantitative estimate of drug-likeness (QED) is 0.519. The summed E-state index contributed by atoms with van der Waals surface area (Å²) in [5.74, 6) is -0.454. The van der Waals surface area contributed by atoms with Crippen LogP contribution in [0.25, 0.3) is 0 Å². The summed E-state index contributed by atoms with van der Waals surface area (Å²) in [6, 6.07) is 11.0. The summed E-state index contributed by atoms with van der Waals surface area (Å²) in [4.78, 5) is 12.1. The number of nitrogens with two attached hydrogens (primary N) is 1. The first kappa shape index (κ1) is 15.5. The molecule has 2 aromatic rings. The third-order valence-corrected chi connectivity index (χ3v) is 4.18. The number of hydrogen-bond donors (Lipinski definition) is 1.